The molecule has 1 unspecified atom stereocenters. The minimum atomic E-state index is 0.394. The topological polar surface area (TPSA) is 0 Å². The van der Waals surface area contributed by atoms with Crippen molar-refractivity contribution in [3.05, 3.63) is 48.6 Å². The summed E-state index contributed by atoms with van der Waals surface area (Å²) >= 11 is 0. The van der Waals surface area contributed by atoms with Gasteiger partial charge in [0.2, 0.25) is 0 Å². The van der Waals surface area contributed by atoms with Crippen LogP contribution < -0.4 is 0 Å². The van der Waals surface area contributed by atoms with Gasteiger partial charge in [0.15, 0.2) is 0 Å². The monoisotopic (exact) mass is 302 g/mol. The number of rotatable bonds is 12. The van der Waals surface area contributed by atoms with Crippen LogP contribution in [0.1, 0.15) is 69.9 Å². The molecule has 0 spiro atoms. The number of nitrogens with zero attached hydrogens (tertiary/aromatic N) is 1. The molecule has 0 saturated heterocycles. The standard InChI is InChI=1S/C21H36N/c1-5-7-8-9-10-11-12-16-19-22(3,4)21(6-2)20-17-14-13-15-18-20/h6,13-15,17-18,21H,2,5,7-12,16,19H2,1,3-4H3/q+1. The number of hydrogen-bond donors (Lipinski definition) is 0. The summed E-state index contributed by atoms with van der Waals surface area (Å²) in [6.45, 7) is 7.58. The van der Waals surface area contributed by atoms with E-state index in [1.54, 1.807) is 0 Å². The number of likely N-dealkylation sites (N-methyl/N-ethyl adjacent to an activating group) is 1. The molecule has 0 aliphatic carbocycles. The minimum Gasteiger partial charge on any atom is -0.319 e. The lowest BCUT2D eigenvalue weighted by Gasteiger charge is -2.37. The van der Waals surface area contributed by atoms with Crippen LogP contribution in [0.5, 0.6) is 0 Å². The van der Waals surface area contributed by atoms with E-state index in [0.717, 1.165) is 4.48 Å². The Morgan fingerprint density at radius 2 is 1.45 bits per heavy atom. The van der Waals surface area contributed by atoms with Gasteiger partial charge in [-0.1, -0.05) is 82.4 Å². The lowest BCUT2D eigenvalue weighted by atomic mass is 10.0. The maximum atomic E-state index is 4.07. The predicted octanol–water partition coefficient (Wildman–Crippen LogP) is 6.13. The highest BCUT2D eigenvalue weighted by molar-refractivity contribution is 5.20. The molecule has 22 heavy (non-hydrogen) atoms. The van der Waals surface area contributed by atoms with E-state index in [4.69, 9.17) is 0 Å². The Morgan fingerprint density at radius 1 is 0.909 bits per heavy atom. The van der Waals surface area contributed by atoms with Crippen molar-refractivity contribution in [2.75, 3.05) is 20.6 Å². The fourth-order valence-corrected chi connectivity index (χ4v) is 3.27. The summed E-state index contributed by atoms with van der Waals surface area (Å²) in [6.07, 6.45) is 13.2. The molecule has 0 amide bonds. The van der Waals surface area contributed by atoms with Crippen molar-refractivity contribution in [3.63, 3.8) is 0 Å². The van der Waals surface area contributed by atoms with Crippen LogP contribution in [-0.2, 0) is 0 Å². The number of hydrogen-bond acceptors (Lipinski definition) is 0. The highest BCUT2D eigenvalue weighted by Gasteiger charge is 2.26. The normalized spacial score (nSPS) is 13.0. The van der Waals surface area contributed by atoms with Crippen molar-refractivity contribution in [3.8, 4) is 0 Å². The SMILES string of the molecule is C=CC(c1ccccc1)[N+](C)(C)CCCCCCCCCC. The predicted molar refractivity (Wildman–Crippen MR) is 99.0 cm³/mol. The molecular weight excluding hydrogens is 266 g/mol. The molecule has 1 aromatic carbocycles. The first-order valence-corrected chi connectivity index (χ1v) is 9.12. The summed E-state index contributed by atoms with van der Waals surface area (Å²) in [7, 11) is 4.67. The third kappa shape index (κ3) is 6.79. The number of unbranched alkanes of at least 4 members (excludes halogenated alkanes) is 7. The average molecular weight is 303 g/mol. The largest absolute Gasteiger partial charge is 0.319 e. The van der Waals surface area contributed by atoms with Gasteiger partial charge in [0.1, 0.15) is 6.04 Å². The average Bonchev–Trinajstić information content (AvgIpc) is 2.51. The first-order valence-electron chi connectivity index (χ1n) is 9.12. The second-order valence-corrected chi connectivity index (χ2v) is 7.07. The summed E-state index contributed by atoms with van der Waals surface area (Å²) in [6, 6.07) is 11.2. The van der Waals surface area contributed by atoms with Crippen molar-refractivity contribution in [2.24, 2.45) is 0 Å². The maximum Gasteiger partial charge on any atom is 0.133 e. The Morgan fingerprint density at radius 3 is 2.00 bits per heavy atom. The smallest absolute Gasteiger partial charge is 0.133 e. The van der Waals surface area contributed by atoms with Crippen LogP contribution in [-0.4, -0.2) is 25.1 Å². The molecule has 0 aliphatic rings. The van der Waals surface area contributed by atoms with E-state index in [-0.39, 0.29) is 0 Å². The molecule has 0 bridgehead atoms. The second-order valence-electron chi connectivity index (χ2n) is 7.07. The lowest BCUT2D eigenvalue weighted by Crippen LogP contribution is -2.43. The Labute approximate surface area is 138 Å². The molecule has 0 N–H and O–H groups in total. The molecule has 1 aromatic rings. The van der Waals surface area contributed by atoms with Crippen LogP contribution in [0, 0.1) is 0 Å². The summed E-state index contributed by atoms with van der Waals surface area (Å²) < 4.78 is 1.00. The number of quaternary nitrogens is 1. The molecule has 0 fully saturated rings. The highest BCUT2D eigenvalue weighted by atomic mass is 15.3. The van der Waals surface area contributed by atoms with Gasteiger partial charge < -0.3 is 4.48 Å². The van der Waals surface area contributed by atoms with E-state index in [2.05, 4.69) is 64.0 Å². The van der Waals surface area contributed by atoms with E-state index in [1.165, 1.54) is 63.5 Å². The summed E-state index contributed by atoms with van der Waals surface area (Å²) in [5.41, 5.74) is 1.38. The number of benzene rings is 1. The van der Waals surface area contributed by atoms with Crippen molar-refractivity contribution in [2.45, 2.75) is 64.3 Å². The van der Waals surface area contributed by atoms with Gasteiger partial charge in [-0.15, -0.1) is 0 Å². The first-order chi connectivity index (χ1) is 10.6. The summed E-state index contributed by atoms with van der Waals surface area (Å²) in [5, 5.41) is 0. The Hall–Kier alpha value is -1.08. The third-order valence-corrected chi connectivity index (χ3v) is 4.71. The third-order valence-electron chi connectivity index (χ3n) is 4.71. The van der Waals surface area contributed by atoms with E-state index in [9.17, 15) is 0 Å². The van der Waals surface area contributed by atoms with Crippen LogP contribution in [0.2, 0.25) is 0 Å². The molecule has 0 saturated carbocycles. The van der Waals surface area contributed by atoms with Gasteiger partial charge in [-0.25, -0.2) is 0 Å². The zero-order valence-corrected chi connectivity index (χ0v) is 15.1. The van der Waals surface area contributed by atoms with E-state index in [0.29, 0.717) is 6.04 Å². The minimum absolute atomic E-state index is 0.394. The molecule has 1 atom stereocenters. The van der Waals surface area contributed by atoms with Crippen molar-refractivity contribution in [1.29, 1.82) is 0 Å². The van der Waals surface area contributed by atoms with Gasteiger partial charge in [-0.05, 0) is 18.9 Å². The lowest BCUT2D eigenvalue weighted by molar-refractivity contribution is -0.914. The van der Waals surface area contributed by atoms with Gasteiger partial charge in [0.25, 0.3) is 0 Å². The van der Waals surface area contributed by atoms with Gasteiger partial charge in [-0.2, -0.15) is 0 Å². The Balaban J connectivity index is 2.32. The summed E-state index contributed by atoms with van der Waals surface area (Å²) in [5.74, 6) is 0. The maximum absolute atomic E-state index is 4.07. The molecule has 1 rings (SSSR count). The van der Waals surface area contributed by atoms with Crippen LogP contribution >= 0.6 is 0 Å². The van der Waals surface area contributed by atoms with Crippen molar-refractivity contribution in [1.82, 2.24) is 0 Å². The zero-order valence-electron chi connectivity index (χ0n) is 15.1. The summed E-state index contributed by atoms with van der Waals surface area (Å²) in [4.78, 5) is 0. The molecule has 124 valence electrons. The highest BCUT2D eigenvalue weighted by Crippen LogP contribution is 2.26. The van der Waals surface area contributed by atoms with Gasteiger partial charge in [0.05, 0.1) is 20.6 Å². The Bertz CT molecular complexity index is 394. The van der Waals surface area contributed by atoms with E-state index in [1.807, 2.05) is 0 Å². The van der Waals surface area contributed by atoms with Crippen molar-refractivity contribution >= 4 is 0 Å². The molecule has 0 aliphatic heterocycles. The fourth-order valence-electron chi connectivity index (χ4n) is 3.27. The zero-order chi connectivity index (χ0) is 16.3. The Kier molecular flexibility index (Phi) is 9.15. The van der Waals surface area contributed by atoms with Crippen LogP contribution in [0.3, 0.4) is 0 Å². The van der Waals surface area contributed by atoms with Crippen molar-refractivity contribution < 1.29 is 4.48 Å². The van der Waals surface area contributed by atoms with Gasteiger partial charge in [-0.3, -0.25) is 0 Å². The molecule has 1 heteroatoms. The second kappa shape index (κ2) is 10.6. The molecule has 0 aromatic heterocycles. The molecule has 0 heterocycles. The van der Waals surface area contributed by atoms with E-state index >= 15 is 0 Å². The van der Waals surface area contributed by atoms with Crippen LogP contribution in [0.4, 0.5) is 0 Å². The molecular formula is C21H36N+. The molecule has 1 nitrogen and oxygen atoms in total. The van der Waals surface area contributed by atoms with E-state index < -0.39 is 0 Å². The fraction of sp³-hybridized carbons (Fsp3) is 0.619. The first kappa shape index (κ1) is 19.0. The van der Waals surface area contributed by atoms with Gasteiger partial charge >= 0.3 is 0 Å². The van der Waals surface area contributed by atoms with Crippen LogP contribution in [0.25, 0.3) is 0 Å². The molecule has 0 radical (unpaired) electrons. The van der Waals surface area contributed by atoms with Gasteiger partial charge in [0, 0.05) is 5.56 Å². The quantitative estimate of drug-likeness (QED) is 0.247. The van der Waals surface area contributed by atoms with Crippen LogP contribution in [0.15, 0.2) is 43.0 Å².